The van der Waals surface area contributed by atoms with Crippen molar-refractivity contribution in [3.63, 3.8) is 0 Å². The van der Waals surface area contributed by atoms with Crippen LogP contribution < -0.4 is 4.90 Å². The summed E-state index contributed by atoms with van der Waals surface area (Å²) in [6.07, 6.45) is 3.56. The molecule has 0 bridgehead atoms. The molecule has 2 fully saturated rings. The fourth-order valence-corrected chi connectivity index (χ4v) is 4.02. The van der Waals surface area contributed by atoms with E-state index in [9.17, 15) is 9.59 Å². The van der Waals surface area contributed by atoms with Crippen LogP contribution in [0.4, 0.5) is 5.69 Å². The number of hydrogen-bond acceptors (Lipinski definition) is 4. The van der Waals surface area contributed by atoms with Gasteiger partial charge in [-0.25, -0.2) is 0 Å². The van der Waals surface area contributed by atoms with E-state index in [1.54, 1.807) is 16.1 Å². The molecule has 0 radical (unpaired) electrons. The molecule has 27 heavy (non-hydrogen) atoms. The Morgan fingerprint density at radius 2 is 1.93 bits per heavy atom. The van der Waals surface area contributed by atoms with Crippen LogP contribution in [0.25, 0.3) is 0 Å². The Labute approximate surface area is 159 Å². The van der Waals surface area contributed by atoms with E-state index in [4.69, 9.17) is 4.42 Å². The van der Waals surface area contributed by atoms with Gasteiger partial charge in [0.15, 0.2) is 0 Å². The van der Waals surface area contributed by atoms with Crippen LogP contribution in [0.15, 0.2) is 53.1 Å². The topological polar surface area (TPSA) is 57.0 Å². The summed E-state index contributed by atoms with van der Waals surface area (Å²) in [6.45, 7) is 3.75. The molecule has 2 aromatic rings. The summed E-state index contributed by atoms with van der Waals surface area (Å²) in [5.41, 5.74) is 0.900. The molecular formula is C21H25N3O3. The normalized spacial score (nSPS) is 21.5. The lowest BCUT2D eigenvalue weighted by Gasteiger charge is -2.38. The molecule has 2 aliphatic heterocycles. The van der Waals surface area contributed by atoms with E-state index in [1.807, 2.05) is 42.5 Å². The summed E-state index contributed by atoms with van der Waals surface area (Å²) in [7, 11) is 0. The van der Waals surface area contributed by atoms with Crippen LogP contribution in [0.1, 0.15) is 18.6 Å². The number of rotatable bonds is 4. The van der Waals surface area contributed by atoms with Crippen LogP contribution in [-0.4, -0.2) is 54.3 Å². The second kappa shape index (κ2) is 7.96. The van der Waals surface area contributed by atoms with Gasteiger partial charge in [0.05, 0.1) is 18.7 Å². The highest BCUT2D eigenvalue weighted by Crippen LogP contribution is 2.23. The Morgan fingerprint density at radius 1 is 1.07 bits per heavy atom. The van der Waals surface area contributed by atoms with Gasteiger partial charge in [-0.05, 0) is 43.7 Å². The van der Waals surface area contributed by atoms with Gasteiger partial charge in [0.25, 0.3) is 0 Å². The zero-order chi connectivity index (χ0) is 18.6. The number of nitrogens with zero attached hydrogens (tertiary/aromatic N) is 3. The highest BCUT2D eigenvalue weighted by molar-refractivity contribution is 5.98. The molecule has 0 aliphatic carbocycles. The number of benzene rings is 1. The van der Waals surface area contributed by atoms with Crippen molar-refractivity contribution in [2.75, 3.05) is 37.6 Å². The van der Waals surface area contributed by atoms with Crippen LogP contribution >= 0.6 is 0 Å². The Hall–Kier alpha value is -2.60. The van der Waals surface area contributed by atoms with E-state index < -0.39 is 0 Å². The van der Waals surface area contributed by atoms with Crippen molar-refractivity contribution < 1.29 is 14.0 Å². The summed E-state index contributed by atoms with van der Waals surface area (Å²) >= 11 is 0. The molecule has 0 N–H and O–H groups in total. The molecule has 142 valence electrons. The maximum atomic E-state index is 13.0. The van der Waals surface area contributed by atoms with E-state index >= 15 is 0 Å². The van der Waals surface area contributed by atoms with Crippen LogP contribution in [0.5, 0.6) is 0 Å². The molecule has 2 amide bonds. The van der Waals surface area contributed by atoms with Gasteiger partial charge in [-0.3, -0.25) is 14.5 Å². The summed E-state index contributed by atoms with van der Waals surface area (Å²) in [4.78, 5) is 31.4. The standard InChI is InChI=1S/C21H25N3O3/c25-20-16-23(11-12-24(20)18-7-2-1-3-8-18)21(26)17-6-4-10-22(14-17)15-19-9-5-13-27-19/h1-3,5,7-9,13,17H,4,6,10-12,14-16H2. The number of furan rings is 1. The van der Waals surface area contributed by atoms with Crippen LogP contribution in [0, 0.1) is 5.92 Å². The molecule has 1 aromatic carbocycles. The molecule has 0 saturated carbocycles. The Kier molecular flexibility index (Phi) is 5.25. The van der Waals surface area contributed by atoms with Crippen molar-refractivity contribution in [2.24, 2.45) is 5.92 Å². The molecule has 1 unspecified atom stereocenters. The number of carbonyl (C=O) groups excluding carboxylic acids is 2. The van der Waals surface area contributed by atoms with Gasteiger partial charge in [0.2, 0.25) is 11.8 Å². The molecule has 0 spiro atoms. The molecule has 4 rings (SSSR count). The third-order valence-electron chi connectivity index (χ3n) is 5.41. The lowest BCUT2D eigenvalue weighted by molar-refractivity contribution is -0.141. The second-order valence-electron chi connectivity index (χ2n) is 7.29. The van der Waals surface area contributed by atoms with Crippen molar-refractivity contribution in [3.05, 3.63) is 54.5 Å². The van der Waals surface area contributed by atoms with Crippen molar-refractivity contribution in [1.82, 2.24) is 9.80 Å². The average Bonchev–Trinajstić information content (AvgIpc) is 3.21. The third-order valence-corrected chi connectivity index (χ3v) is 5.41. The number of piperazine rings is 1. The Bertz CT molecular complexity index is 775. The van der Waals surface area contributed by atoms with Gasteiger partial charge in [-0.1, -0.05) is 18.2 Å². The van der Waals surface area contributed by atoms with Gasteiger partial charge in [0, 0.05) is 25.3 Å². The first-order chi connectivity index (χ1) is 13.2. The minimum absolute atomic E-state index is 0.0101. The first-order valence-corrected chi connectivity index (χ1v) is 9.59. The number of hydrogen-bond donors (Lipinski definition) is 0. The van der Waals surface area contributed by atoms with Gasteiger partial charge in [-0.15, -0.1) is 0 Å². The SMILES string of the molecule is O=C(C1CCCN(Cc2ccco2)C1)N1CCN(c2ccccc2)C(=O)C1. The number of amides is 2. The zero-order valence-corrected chi connectivity index (χ0v) is 15.4. The monoisotopic (exact) mass is 367 g/mol. The number of anilines is 1. The number of piperidine rings is 1. The molecule has 3 heterocycles. The fourth-order valence-electron chi connectivity index (χ4n) is 4.02. The molecule has 6 nitrogen and oxygen atoms in total. The van der Waals surface area contributed by atoms with Crippen LogP contribution in [0.3, 0.4) is 0 Å². The van der Waals surface area contributed by atoms with E-state index in [2.05, 4.69) is 4.90 Å². The van der Waals surface area contributed by atoms with Crippen molar-refractivity contribution in [3.8, 4) is 0 Å². The van der Waals surface area contributed by atoms with Gasteiger partial charge in [-0.2, -0.15) is 0 Å². The molecule has 2 aliphatic rings. The van der Waals surface area contributed by atoms with E-state index in [0.29, 0.717) is 13.1 Å². The van der Waals surface area contributed by atoms with E-state index in [-0.39, 0.29) is 24.3 Å². The van der Waals surface area contributed by atoms with Gasteiger partial charge < -0.3 is 14.2 Å². The summed E-state index contributed by atoms with van der Waals surface area (Å²) in [5.74, 6) is 0.990. The largest absolute Gasteiger partial charge is 0.468 e. The van der Waals surface area contributed by atoms with E-state index in [1.165, 1.54) is 0 Å². The number of carbonyl (C=O) groups is 2. The van der Waals surface area contributed by atoms with Crippen molar-refractivity contribution in [2.45, 2.75) is 19.4 Å². The minimum atomic E-state index is -0.0372. The third kappa shape index (κ3) is 4.06. The predicted octanol–water partition coefficient (Wildman–Crippen LogP) is 2.37. The predicted molar refractivity (Wildman–Crippen MR) is 102 cm³/mol. The van der Waals surface area contributed by atoms with Gasteiger partial charge >= 0.3 is 0 Å². The highest BCUT2D eigenvalue weighted by Gasteiger charge is 2.34. The molecular weight excluding hydrogens is 342 g/mol. The van der Waals surface area contributed by atoms with E-state index in [0.717, 1.165) is 43.9 Å². The van der Waals surface area contributed by atoms with Crippen molar-refractivity contribution in [1.29, 1.82) is 0 Å². The smallest absolute Gasteiger partial charge is 0.246 e. The minimum Gasteiger partial charge on any atom is -0.468 e. The summed E-state index contributed by atoms with van der Waals surface area (Å²) in [6, 6.07) is 13.5. The first kappa shape index (κ1) is 17.8. The number of para-hydroxylation sites is 1. The summed E-state index contributed by atoms with van der Waals surface area (Å²) in [5, 5.41) is 0. The quantitative estimate of drug-likeness (QED) is 0.833. The Balaban J connectivity index is 1.35. The van der Waals surface area contributed by atoms with Crippen LogP contribution in [0.2, 0.25) is 0 Å². The second-order valence-corrected chi connectivity index (χ2v) is 7.29. The van der Waals surface area contributed by atoms with Crippen molar-refractivity contribution >= 4 is 17.5 Å². The zero-order valence-electron chi connectivity index (χ0n) is 15.4. The first-order valence-electron chi connectivity index (χ1n) is 9.59. The summed E-state index contributed by atoms with van der Waals surface area (Å²) < 4.78 is 5.43. The lowest BCUT2D eigenvalue weighted by atomic mass is 9.96. The molecule has 6 heteroatoms. The molecule has 2 saturated heterocycles. The fraction of sp³-hybridized carbons (Fsp3) is 0.429. The number of likely N-dealkylation sites (tertiary alicyclic amines) is 1. The van der Waals surface area contributed by atoms with Gasteiger partial charge in [0.1, 0.15) is 12.3 Å². The lowest BCUT2D eigenvalue weighted by Crippen LogP contribution is -2.55. The average molecular weight is 367 g/mol. The maximum Gasteiger partial charge on any atom is 0.246 e. The molecule has 1 aromatic heterocycles. The highest BCUT2D eigenvalue weighted by atomic mass is 16.3. The molecule has 1 atom stereocenters. The maximum absolute atomic E-state index is 13.0. The van der Waals surface area contributed by atoms with Crippen LogP contribution in [-0.2, 0) is 16.1 Å². The Morgan fingerprint density at radius 3 is 2.67 bits per heavy atom.